The molecule has 0 aromatic heterocycles. The van der Waals surface area contributed by atoms with Gasteiger partial charge in [0, 0.05) is 16.9 Å². The van der Waals surface area contributed by atoms with Crippen LogP contribution in [0.3, 0.4) is 0 Å². The molecule has 0 bridgehead atoms. The van der Waals surface area contributed by atoms with Crippen LogP contribution < -0.4 is 10.6 Å². The van der Waals surface area contributed by atoms with Gasteiger partial charge in [-0.2, -0.15) is 13.2 Å². The molecule has 3 aromatic carbocycles. The number of alkyl halides is 3. The molecule has 29 heavy (non-hydrogen) atoms. The molecule has 0 saturated carbocycles. The highest BCUT2D eigenvalue weighted by Gasteiger charge is 2.34. The van der Waals surface area contributed by atoms with Crippen LogP contribution in [0.25, 0.3) is 0 Å². The fourth-order valence-corrected chi connectivity index (χ4v) is 2.74. The van der Waals surface area contributed by atoms with Gasteiger partial charge < -0.3 is 10.6 Å². The summed E-state index contributed by atoms with van der Waals surface area (Å²) in [5.41, 5.74) is 0.222. The molecular formula is C22H17F3N2O2. The Labute approximate surface area is 165 Å². The van der Waals surface area contributed by atoms with Crippen molar-refractivity contribution in [2.75, 3.05) is 10.6 Å². The summed E-state index contributed by atoms with van der Waals surface area (Å²) in [7, 11) is 0. The smallest absolute Gasteiger partial charge is 0.322 e. The van der Waals surface area contributed by atoms with E-state index in [0.717, 1.165) is 12.1 Å². The molecule has 0 fully saturated rings. The van der Waals surface area contributed by atoms with Gasteiger partial charge in [0.2, 0.25) is 0 Å². The second-order valence-electron chi connectivity index (χ2n) is 6.35. The van der Waals surface area contributed by atoms with Gasteiger partial charge in [-0.15, -0.1) is 0 Å². The fourth-order valence-electron chi connectivity index (χ4n) is 2.74. The Bertz CT molecular complexity index is 1050. The van der Waals surface area contributed by atoms with Crippen molar-refractivity contribution in [2.24, 2.45) is 0 Å². The minimum atomic E-state index is -4.65. The van der Waals surface area contributed by atoms with E-state index < -0.39 is 29.1 Å². The van der Waals surface area contributed by atoms with Gasteiger partial charge in [-0.25, -0.2) is 0 Å². The van der Waals surface area contributed by atoms with E-state index in [2.05, 4.69) is 10.6 Å². The lowest BCUT2D eigenvalue weighted by atomic mass is 10.1. The zero-order valence-corrected chi connectivity index (χ0v) is 15.4. The van der Waals surface area contributed by atoms with E-state index in [9.17, 15) is 22.8 Å². The topological polar surface area (TPSA) is 58.2 Å². The molecule has 0 spiro atoms. The number of hydrogen-bond donors (Lipinski definition) is 2. The summed E-state index contributed by atoms with van der Waals surface area (Å²) in [5, 5.41) is 5.20. The Kier molecular flexibility index (Phi) is 5.68. The van der Waals surface area contributed by atoms with Gasteiger partial charge in [-0.1, -0.05) is 36.4 Å². The van der Waals surface area contributed by atoms with Crippen molar-refractivity contribution in [3.63, 3.8) is 0 Å². The molecule has 0 unspecified atom stereocenters. The largest absolute Gasteiger partial charge is 0.417 e. The highest BCUT2D eigenvalue weighted by atomic mass is 19.4. The highest BCUT2D eigenvalue weighted by molar-refractivity contribution is 6.08. The Balaban J connectivity index is 1.84. The zero-order chi connectivity index (χ0) is 21.0. The van der Waals surface area contributed by atoms with Gasteiger partial charge in [-0.3, -0.25) is 9.59 Å². The standard InChI is InChI=1S/C22H17F3N2O2/c1-14-11-12-15(20(28)26-16-7-3-2-4-8-16)13-19(14)27-21(29)17-9-5-6-10-18(17)22(23,24)25/h2-13H,1H3,(H,26,28)(H,27,29). The zero-order valence-electron chi connectivity index (χ0n) is 15.4. The minimum absolute atomic E-state index is 0.257. The summed E-state index contributed by atoms with van der Waals surface area (Å²) in [6, 6.07) is 18.0. The number of benzene rings is 3. The summed E-state index contributed by atoms with van der Waals surface area (Å²) in [5.74, 6) is -1.30. The second kappa shape index (κ2) is 8.18. The number of para-hydroxylation sites is 1. The lowest BCUT2D eigenvalue weighted by molar-refractivity contribution is -0.137. The van der Waals surface area contributed by atoms with E-state index in [-0.39, 0.29) is 11.3 Å². The Hall–Kier alpha value is -3.61. The van der Waals surface area contributed by atoms with Crippen molar-refractivity contribution in [1.82, 2.24) is 0 Å². The van der Waals surface area contributed by atoms with E-state index in [1.54, 1.807) is 43.3 Å². The van der Waals surface area contributed by atoms with Gasteiger partial charge in [0.15, 0.2) is 0 Å². The van der Waals surface area contributed by atoms with Crippen LogP contribution in [-0.4, -0.2) is 11.8 Å². The number of carbonyl (C=O) groups is 2. The Morgan fingerprint density at radius 3 is 2.14 bits per heavy atom. The van der Waals surface area contributed by atoms with E-state index in [1.807, 2.05) is 6.07 Å². The average molecular weight is 398 g/mol. The van der Waals surface area contributed by atoms with Crippen molar-refractivity contribution in [2.45, 2.75) is 13.1 Å². The first-order valence-electron chi connectivity index (χ1n) is 8.70. The summed E-state index contributed by atoms with van der Waals surface area (Å²) in [6.45, 7) is 1.68. The maximum Gasteiger partial charge on any atom is 0.417 e. The molecular weight excluding hydrogens is 381 g/mol. The van der Waals surface area contributed by atoms with Crippen LogP contribution in [0, 0.1) is 6.92 Å². The van der Waals surface area contributed by atoms with Crippen molar-refractivity contribution in [3.8, 4) is 0 Å². The lowest BCUT2D eigenvalue weighted by Gasteiger charge is -2.14. The molecule has 0 radical (unpaired) electrons. The number of aryl methyl sites for hydroxylation is 1. The van der Waals surface area contributed by atoms with E-state index in [4.69, 9.17) is 0 Å². The van der Waals surface area contributed by atoms with Crippen molar-refractivity contribution < 1.29 is 22.8 Å². The number of hydrogen-bond acceptors (Lipinski definition) is 2. The van der Waals surface area contributed by atoms with Crippen LogP contribution in [0.1, 0.15) is 31.8 Å². The number of rotatable bonds is 4. The third kappa shape index (κ3) is 4.82. The first-order chi connectivity index (χ1) is 13.8. The van der Waals surface area contributed by atoms with Crippen molar-refractivity contribution in [3.05, 3.63) is 95.1 Å². The minimum Gasteiger partial charge on any atom is -0.322 e. The molecule has 0 heterocycles. The maximum absolute atomic E-state index is 13.2. The monoisotopic (exact) mass is 398 g/mol. The molecule has 4 nitrogen and oxygen atoms in total. The SMILES string of the molecule is Cc1ccc(C(=O)Nc2ccccc2)cc1NC(=O)c1ccccc1C(F)(F)F. The molecule has 3 rings (SSSR count). The molecule has 2 amide bonds. The second-order valence-corrected chi connectivity index (χ2v) is 6.35. The number of nitrogens with one attached hydrogen (secondary N) is 2. The number of carbonyl (C=O) groups excluding carboxylic acids is 2. The van der Waals surface area contributed by atoms with Crippen LogP contribution in [0.15, 0.2) is 72.8 Å². The molecule has 3 aromatic rings. The maximum atomic E-state index is 13.2. The van der Waals surface area contributed by atoms with Crippen LogP contribution >= 0.6 is 0 Å². The summed E-state index contributed by atoms with van der Waals surface area (Å²) in [6.07, 6.45) is -4.65. The predicted molar refractivity (Wildman–Crippen MR) is 105 cm³/mol. The quantitative estimate of drug-likeness (QED) is 0.608. The normalized spacial score (nSPS) is 11.0. The molecule has 7 heteroatoms. The van der Waals surface area contributed by atoms with Gasteiger partial charge in [0.25, 0.3) is 11.8 Å². The van der Waals surface area contributed by atoms with Crippen molar-refractivity contribution >= 4 is 23.2 Å². The molecule has 0 aliphatic heterocycles. The first-order valence-corrected chi connectivity index (χ1v) is 8.70. The summed E-state index contributed by atoms with van der Waals surface area (Å²) < 4.78 is 39.5. The third-order valence-electron chi connectivity index (χ3n) is 4.26. The van der Waals surface area contributed by atoms with E-state index in [1.165, 1.54) is 18.2 Å². The molecule has 0 aliphatic rings. The van der Waals surface area contributed by atoms with Crippen LogP contribution in [0.5, 0.6) is 0 Å². The Morgan fingerprint density at radius 1 is 0.793 bits per heavy atom. The third-order valence-corrected chi connectivity index (χ3v) is 4.26. The van der Waals surface area contributed by atoms with Crippen molar-refractivity contribution in [1.29, 1.82) is 0 Å². The number of amides is 2. The molecule has 0 atom stereocenters. The fraction of sp³-hybridized carbons (Fsp3) is 0.0909. The number of halogens is 3. The van der Waals surface area contributed by atoms with Gasteiger partial charge in [0.1, 0.15) is 0 Å². The molecule has 0 aliphatic carbocycles. The van der Waals surface area contributed by atoms with Crippen LogP contribution in [-0.2, 0) is 6.18 Å². The van der Waals surface area contributed by atoms with Crippen LogP contribution in [0.2, 0.25) is 0 Å². The molecule has 0 saturated heterocycles. The van der Waals surface area contributed by atoms with E-state index in [0.29, 0.717) is 11.3 Å². The summed E-state index contributed by atoms with van der Waals surface area (Å²) in [4.78, 5) is 24.9. The predicted octanol–water partition coefficient (Wildman–Crippen LogP) is 5.52. The molecule has 2 N–H and O–H groups in total. The first kappa shape index (κ1) is 20.1. The van der Waals surface area contributed by atoms with Gasteiger partial charge >= 0.3 is 6.18 Å². The molecule has 148 valence electrons. The summed E-state index contributed by atoms with van der Waals surface area (Å²) >= 11 is 0. The van der Waals surface area contributed by atoms with Gasteiger partial charge in [0.05, 0.1) is 11.1 Å². The number of anilines is 2. The van der Waals surface area contributed by atoms with Gasteiger partial charge in [-0.05, 0) is 48.9 Å². The Morgan fingerprint density at radius 2 is 1.45 bits per heavy atom. The van der Waals surface area contributed by atoms with Crippen LogP contribution in [0.4, 0.5) is 24.5 Å². The lowest BCUT2D eigenvalue weighted by Crippen LogP contribution is -2.19. The highest BCUT2D eigenvalue weighted by Crippen LogP contribution is 2.32. The average Bonchev–Trinajstić information content (AvgIpc) is 2.69. The van der Waals surface area contributed by atoms with E-state index >= 15 is 0 Å².